The van der Waals surface area contributed by atoms with Gasteiger partial charge >= 0.3 is 5.97 Å². The lowest BCUT2D eigenvalue weighted by atomic mass is 10.4. The molecule has 19 heavy (non-hydrogen) atoms. The smallest absolute Gasteiger partial charge is 0.318 e. The van der Waals surface area contributed by atoms with Gasteiger partial charge in [0.05, 0.1) is 24.3 Å². The van der Waals surface area contributed by atoms with Gasteiger partial charge in [0.1, 0.15) is 5.76 Å². The molecule has 2 rings (SSSR count). The largest absolute Gasteiger partial charge is 0.468 e. The number of carbonyl (C=O) groups is 1. The molecule has 0 aromatic carbocycles. The quantitative estimate of drug-likeness (QED) is 0.785. The summed E-state index contributed by atoms with van der Waals surface area (Å²) >= 11 is 1.46. The molecule has 0 saturated carbocycles. The molecule has 0 radical (unpaired) electrons. The van der Waals surface area contributed by atoms with Gasteiger partial charge in [-0.05, 0) is 26.0 Å². The lowest BCUT2D eigenvalue weighted by Crippen LogP contribution is -2.14. The first-order chi connectivity index (χ1) is 9.11. The molecule has 102 valence electrons. The molecule has 2 heterocycles. The Kier molecular flexibility index (Phi) is 4.31. The van der Waals surface area contributed by atoms with Gasteiger partial charge in [-0.3, -0.25) is 4.79 Å². The van der Waals surface area contributed by atoms with Crippen LogP contribution in [0.3, 0.4) is 0 Å². The molecule has 0 N–H and O–H groups in total. The molecule has 0 aliphatic rings. The predicted molar refractivity (Wildman–Crippen MR) is 71.7 cm³/mol. The Morgan fingerprint density at radius 1 is 1.58 bits per heavy atom. The zero-order valence-corrected chi connectivity index (χ0v) is 11.8. The molecule has 6 heteroatoms. The lowest BCUT2D eigenvalue weighted by molar-refractivity contribution is -0.139. The molecule has 0 amide bonds. The van der Waals surface area contributed by atoms with Crippen LogP contribution < -0.4 is 0 Å². The molecule has 2 aromatic heterocycles. The van der Waals surface area contributed by atoms with E-state index in [2.05, 4.69) is 9.72 Å². The van der Waals surface area contributed by atoms with Crippen LogP contribution in [0.15, 0.2) is 27.2 Å². The Morgan fingerprint density at radius 2 is 2.37 bits per heavy atom. The monoisotopic (exact) mass is 281 g/mol. The number of aromatic nitrogens is 1. The van der Waals surface area contributed by atoms with Gasteiger partial charge in [0.25, 0.3) is 5.89 Å². The predicted octanol–water partition coefficient (Wildman–Crippen LogP) is 3.04. The van der Waals surface area contributed by atoms with E-state index in [-0.39, 0.29) is 11.2 Å². The van der Waals surface area contributed by atoms with Crippen molar-refractivity contribution >= 4 is 17.7 Å². The number of thioether (sulfide) groups is 1. The van der Waals surface area contributed by atoms with Crippen molar-refractivity contribution in [1.82, 2.24) is 4.98 Å². The van der Waals surface area contributed by atoms with Crippen molar-refractivity contribution in [3.8, 4) is 11.7 Å². The molecular formula is C13H15NO4S. The second-order valence-electron chi connectivity index (χ2n) is 3.98. The summed E-state index contributed by atoms with van der Waals surface area (Å²) in [4.78, 5) is 15.7. The van der Waals surface area contributed by atoms with Crippen molar-refractivity contribution in [2.45, 2.75) is 24.9 Å². The summed E-state index contributed by atoms with van der Waals surface area (Å²) in [6.45, 7) is 3.65. The first-order valence-electron chi connectivity index (χ1n) is 5.81. The normalized spacial score (nSPS) is 12.4. The summed E-state index contributed by atoms with van der Waals surface area (Å²) in [5.74, 6) is 2.14. The van der Waals surface area contributed by atoms with E-state index in [9.17, 15) is 4.79 Å². The fourth-order valence-electron chi connectivity index (χ4n) is 1.51. The Balaban J connectivity index is 2.04. The third kappa shape index (κ3) is 3.20. The van der Waals surface area contributed by atoms with Gasteiger partial charge in [-0.25, -0.2) is 4.98 Å². The number of furan rings is 1. The van der Waals surface area contributed by atoms with Crippen LogP contribution in [0.5, 0.6) is 0 Å². The Bertz CT molecular complexity index is 547. The fourth-order valence-corrected chi connectivity index (χ4v) is 2.41. The SMILES string of the molecule is COC(=O)C(C)SCc1nc(-c2ccco2)oc1C. The zero-order valence-electron chi connectivity index (χ0n) is 11.0. The third-order valence-corrected chi connectivity index (χ3v) is 3.76. The van der Waals surface area contributed by atoms with Crippen LogP contribution in [-0.4, -0.2) is 23.3 Å². The number of nitrogens with zero attached hydrogens (tertiary/aromatic N) is 1. The summed E-state index contributed by atoms with van der Waals surface area (Å²) in [6.07, 6.45) is 1.57. The summed E-state index contributed by atoms with van der Waals surface area (Å²) in [5.41, 5.74) is 0.812. The van der Waals surface area contributed by atoms with Crippen molar-refractivity contribution in [1.29, 1.82) is 0 Å². The summed E-state index contributed by atoms with van der Waals surface area (Å²) in [5, 5.41) is -0.229. The second-order valence-corrected chi connectivity index (χ2v) is 5.30. The average molecular weight is 281 g/mol. The highest BCUT2D eigenvalue weighted by Gasteiger charge is 2.17. The summed E-state index contributed by atoms with van der Waals surface area (Å²) in [7, 11) is 1.38. The number of oxazole rings is 1. The van der Waals surface area contributed by atoms with Gasteiger partial charge < -0.3 is 13.6 Å². The number of esters is 1. The highest BCUT2D eigenvalue weighted by atomic mass is 32.2. The van der Waals surface area contributed by atoms with Crippen LogP contribution >= 0.6 is 11.8 Å². The molecule has 1 unspecified atom stereocenters. The Morgan fingerprint density at radius 3 is 3.00 bits per heavy atom. The highest BCUT2D eigenvalue weighted by Crippen LogP contribution is 2.26. The third-order valence-electron chi connectivity index (χ3n) is 2.63. The minimum Gasteiger partial charge on any atom is -0.468 e. The van der Waals surface area contributed by atoms with Crippen LogP contribution in [0.1, 0.15) is 18.4 Å². The molecule has 0 fully saturated rings. The first-order valence-corrected chi connectivity index (χ1v) is 6.86. The number of aryl methyl sites for hydroxylation is 1. The fraction of sp³-hybridized carbons (Fsp3) is 0.385. The van der Waals surface area contributed by atoms with Gasteiger partial charge in [0, 0.05) is 5.75 Å². The van der Waals surface area contributed by atoms with Gasteiger partial charge in [0.2, 0.25) is 0 Å². The number of ether oxygens (including phenoxy) is 1. The number of hydrogen-bond acceptors (Lipinski definition) is 6. The van der Waals surface area contributed by atoms with E-state index >= 15 is 0 Å². The van der Waals surface area contributed by atoms with Crippen molar-refractivity contribution < 1.29 is 18.4 Å². The molecule has 0 bridgehead atoms. The van der Waals surface area contributed by atoms with Crippen molar-refractivity contribution in [3.63, 3.8) is 0 Å². The van der Waals surface area contributed by atoms with Crippen LogP contribution in [0.25, 0.3) is 11.7 Å². The lowest BCUT2D eigenvalue weighted by Gasteiger charge is -2.07. The summed E-state index contributed by atoms with van der Waals surface area (Å²) in [6, 6.07) is 3.57. The van der Waals surface area contributed by atoms with Gasteiger partial charge in [-0.15, -0.1) is 11.8 Å². The number of carbonyl (C=O) groups excluding carboxylic acids is 1. The molecule has 5 nitrogen and oxygen atoms in total. The van der Waals surface area contributed by atoms with Crippen LogP contribution in [0.4, 0.5) is 0 Å². The van der Waals surface area contributed by atoms with Crippen molar-refractivity contribution in [2.24, 2.45) is 0 Å². The van der Waals surface area contributed by atoms with Gasteiger partial charge in [0.15, 0.2) is 5.76 Å². The van der Waals surface area contributed by atoms with E-state index in [4.69, 9.17) is 8.83 Å². The topological polar surface area (TPSA) is 65.5 Å². The van der Waals surface area contributed by atoms with E-state index in [0.29, 0.717) is 17.4 Å². The van der Waals surface area contributed by atoms with Gasteiger partial charge in [-0.1, -0.05) is 0 Å². The van der Waals surface area contributed by atoms with Crippen LogP contribution in [0, 0.1) is 6.92 Å². The van der Waals surface area contributed by atoms with E-state index in [1.807, 2.05) is 6.92 Å². The van der Waals surface area contributed by atoms with Crippen LogP contribution in [0.2, 0.25) is 0 Å². The van der Waals surface area contributed by atoms with Gasteiger partial charge in [-0.2, -0.15) is 0 Å². The van der Waals surface area contributed by atoms with E-state index in [1.165, 1.54) is 18.9 Å². The van der Waals surface area contributed by atoms with Crippen molar-refractivity contribution in [3.05, 3.63) is 29.9 Å². The van der Waals surface area contributed by atoms with E-state index in [0.717, 1.165) is 11.5 Å². The number of hydrogen-bond donors (Lipinski definition) is 0. The zero-order chi connectivity index (χ0) is 13.8. The maximum atomic E-state index is 11.3. The Hall–Kier alpha value is -1.69. The standard InChI is InChI=1S/C13H15NO4S/c1-8-10(7-19-9(2)13(15)16-3)14-12(18-8)11-5-4-6-17-11/h4-6,9H,7H2,1-3H3. The number of rotatable bonds is 5. The number of methoxy groups -OCH3 is 1. The Labute approximate surface area is 115 Å². The van der Waals surface area contributed by atoms with Crippen LogP contribution in [-0.2, 0) is 15.3 Å². The molecular weight excluding hydrogens is 266 g/mol. The van der Waals surface area contributed by atoms with E-state index in [1.54, 1.807) is 25.3 Å². The highest BCUT2D eigenvalue weighted by molar-refractivity contribution is 7.99. The minimum absolute atomic E-state index is 0.229. The molecule has 0 spiro atoms. The average Bonchev–Trinajstić information content (AvgIpc) is 3.04. The van der Waals surface area contributed by atoms with Crippen molar-refractivity contribution in [2.75, 3.05) is 7.11 Å². The molecule has 0 aliphatic carbocycles. The first kappa shape index (κ1) is 13.7. The summed E-state index contributed by atoms with van der Waals surface area (Å²) < 4.78 is 15.5. The molecule has 2 aromatic rings. The maximum absolute atomic E-state index is 11.3. The molecule has 0 saturated heterocycles. The molecule has 0 aliphatic heterocycles. The molecule has 1 atom stereocenters. The maximum Gasteiger partial charge on any atom is 0.318 e. The van der Waals surface area contributed by atoms with E-state index < -0.39 is 0 Å². The minimum atomic E-state index is -0.239. The second kappa shape index (κ2) is 5.97.